The van der Waals surface area contributed by atoms with Crippen molar-refractivity contribution in [3.63, 3.8) is 0 Å². The second kappa shape index (κ2) is 4.60. The Hall–Kier alpha value is -2.80. The van der Waals surface area contributed by atoms with Crippen LogP contribution in [0.3, 0.4) is 0 Å². The van der Waals surface area contributed by atoms with E-state index in [2.05, 4.69) is 15.5 Å². The predicted octanol–water partition coefficient (Wildman–Crippen LogP) is 2.11. The standard InChI is InChI=1S/C15H10N4O2S/c20-22(21,12-7-2-1-3-8-12)14-10-11-6-4-5-9-13(11)19-15(14)16-17-18-19/h1-10H. The molecule has 0 saturated heterocycles. The van der Waals surface area contributed by atoms with Gasteiger partial charge in [0.15, 0.2) is 5.65 Å². The number of tetrazole rings is 1. The van der Waals surface area contributed by atoms with Crippen LogP contribution in [0.1, 0.15) is 0 Å². The summed E-state index contributed by atoms with van der Waals surface area (Å²) in [5, 5.41) is 12.2. The first-order valence-electron chi connectivity index (χ1n) is 6.58. The van der Waals surface area contributed by atoms with Crippen molar-refractivity contribution in [2.45, 2.75) is 9.79 Å². The van der Waals surface area contributed by atoms with E-state index in [4.69, 9.17) is 0 Å². The SMILES string of the molecule is O=S(=O)(c1ccccc1)c1cc2ccccc2n2nnnc12. The van der Waals surface area contributed by atoms with Crippen molar-refractivity contribution in [2.24, 2.45) is 0 Å². The van der Waals surface area contributed by atoms with Crippen LogP contribution >= 0.6 is 0 Å². The topological polar surface area (TPSA) is 77.2 Å². The molecule has 0 bridgehead atoms. The molecule has 2 heterocycles. The Labute approximate surface area is 125 Å². The number of hydrogen-bond donors (Lipinski definition) is 0. The van der Waals surface area contributed by atoms with Crippen LogP contribution < -0.4 is 0 Å². The summed E-state index contributed by atoms with van der Waals surface area (Å²) in [5.41, 5.74) is 0.983. The van der Waals surface area contributed by atoms with Crippen LogP contribution in [0.2, 0.25) is 0 Å². The van der Waals surface area contributed by atoms with E-state index in [-0.39, 0.29) is 15.4 Å². The molecular formula is C15H10N4O2S. The van der Waals surface area contributed by atoms with Gasteiger partial charge in [0.2, 0.25) is 9.84 Å². The third-order valence-electron chi connectivity index (χ3n) is 3.48. The number of nitrogens with zero attached hydrogens (tertiary/aromatic N) is 4. The number of aromatic nitrogens is 4. The first-order chi connectivity index (χ1) is 10.7. The van der Waals surface area contributed by atoms with E-state index >= 15 is 0 Å². The first kappa shape index (κ1) is 12.9. The van der Waals surface area contributed by atoms with Gasteiger partial charge in [-0.25, -0.2) is 8.42 Å². The highest BCUT2D eigenvalue weighted by molar-refractivity contribution is 7.91. The number of para-hydroxylation sites is 1. The van der Waals surface area contributed by atoms with Gasteiger partial charge in [0.25, 0.3) is 0 Å². The molecule has 0 spiro atoms. The van der Waals surface area contributed by atoms with Crippen molar-refractivity contribution >= 4 is 26.4 Å². The zero-order valence-corrected chi connectivity index (χ0v) is 12.1. The molecule has 0 fully saturated rings. The molecule has 108 valence electrons. The second-order valence-electron chi connectivity index (χ2n) is 4.80. The summed E-state index contributed by atoms with van der Waals surface area (Å²) in [4.78, 5) is 0.317. The third-order valence-corrected chi connectivity index (χ3v) is 5.26. The quantitative estimate of drug-likeness (QED) is 0.566. The predicted molar refractivity (Wildman–Crippen MR) is 80.2 cm³/mol. The normalized spacial score (nSPS) is 12.0. The van der Waals surface area contributed by atoms with Gasteiger partial charge in [-0.3, -0.25) is 0 Å². The van der Waals surface area contributed by atoms with Gasteiger partial charge in [0.1, 0.15) is 4.90 Å². The summed E-state index contributed by atoms with van der Waals surface area (Å²) in [6.45, 7) is 0. The maximum absolute atomic E-state index is 12.9. The number of hydrogen-bond acceptors (Lipinski definition) is 5. The number of fused-ring (bicyclic) bond motifs is 3. The highest BCUT2D eigenvalue weighted by Gasteiger charge is 2.23. The Bertz CT molecular complexity index is 1090. The van der Waals surface area contributed by atoms with Gasteiger partial charge in [0, 0.05) is 5.39 Å². The van der Waals surface area contributed by atoms with Crippen LogP contribution in [0.25, 0.3) is 16.6 Å². The summed E-state index contributed by atoms with van der Waals surface area (Å²) in [5.74, 6) is 0. The zero-order chi connectivity index (χ0) is 15.2. The van der Waals surface area contributed by atoms with Crippen molar-refractivity contribution in [3.8, 4) is 0 Å². The van der Waals surface area contributed by atoms with E-state index in [0.29, 0.717) is 0 Å². The Balaban J connectivity index is 2.12. The lowest BCUT2D eigenvalue weighted by atomic mass is 10.2. The lowest BCUT2D eigenvalue weighted by Crippen LogP contribution is -2.05. The van der Waals surface area contributed by atoms with Crippen molar-refractivity contribution in [1.29, 1.82) is 0 Å². The fraction of sp³-hybridized carbons (Fsp3) is 0. The zero-order valence-electron chi connectivity index (χ0n) is 11.3. The number of sulfone groups is 1. The average Bonchev–Trinajstić information content (AvgIpc) is 3.04. The molecule has 0 N–H and O–H groups in total. The van der Waals surface area contributed by atoms with E-state index in [9.17, 15) is 8.42 Å². The molecule has 0 aliphatic carbocycles. The van der Waals surface area contributed by atoms with E-state index in [1.165, 1.54) is 4.52 Å². The molecule has 0 amide bonds. The molecule has 0 unspecified atom stereocenters. The Morgan fingerprint density at radius 2 is 1.64 bits per heavy atom. The smallest absolute Gasteiger partial charge is 0.210 e. The van der Waals surface area contributed by atoms with Crippen molar-refractivity contribution in [3.05, 3.63) is 60.7 Å². The molecule has 6 nitrogen and oxygen atoms in total. The van der Waals surface area contributed by atoms with Crippen molar-refractivity contribution in [1.82, 2.24) is 20.0 Å². The summed E-state index contributed by atoms with van der Waals surface area (Å²) < 4.78 is 27.2. The van der Waals surface area contributed by atoms with E-state index in [0.717, 1.165) is 10.9 Å². The lowest BCUT2D eigenvalue weighted by Gasteiger charge is -2.07. The summed E-state index contributed by atoms with van der Waals surface area (Å²) >= 11 is 0. The largest absolute Gasteiger partial charge is 0.218 e. The third kappa shape index (κ3) is 1.79. The van der Waals surface area contributed by atoms with Gasteiger partial charge in [-0.1, -0.05) is 36.4 Å². The maximum Gasteiger partial charge on any atom is 0.210 e. The van der Waals surface area contributed by atoms with Gasteiger partial charge in [0.05, 0.1) is 10.4 Å². The molecule has 2 aromatic heterocycles. The lowest BCUT2D eigenvalue weighted by molar-refractivity contribution is 0.596. The van der Waals surface area contributed by atoms with Crippen LogP contribution in [0.4, 0.5) is 0 Å². The van der Waals surface area contributed by atoms with Crippen LogP contribution in [0.15, 0.2) is 70.5 Å². The molecule has 0 aliphatic heterocycles. The number of rotatable bonds is 2. The van der Waals surface area contributed by atoms with E-state index in [1.54, 1.807) is 36.4 Å². The molecule has 0 atom stereocenters. The van der Waals surface area contributed by atoms with Crippen molar-refractivity contribution < 1.29 is 8.42 Å². The minimum absolute atomic E-state index is 0.0994. The summed E-state index contributed by atoms with van der Waals surface area (Å²) in [6, 6.07) is 17.3. The number of pyridine rings is 1. The maximum atomic E-state index is 12.9. The molecule has 22 heavy (non-hydrogen) atoms. The molecule has 4 rings (SSSR count). The highest BCUT2D eigenvalue weighted by atomic mass is 32.2. The van der Waals surface area contributed by atoms with E-state index in [1.807, 2.05) is 24.3 Å². The molecular weight excluding hydrogens is 300 g/mol. The van der Waals surface area contributed by atoms with Gasteiger partial charge in [-0.15, -0.1) is 5.10 Å². The van der Waals surface area contributed by atoms with Crippen LogP contribution in [-0.4, -0.2) is 28.5 Å². The minimum atomic E-state index is -3.69. The Morgan fingerprint density at radius 1 is 0.909 bits per heavy atom. The monoisotopic (exact) mass is 310 g/mol. The van der Waals surface area contributed by atoms with Crippen LogP contribution in [0.5, 0.6) is 0 Å². The van der Waals surface area contributed by atoms with Crippen LogP contribution in [0, 0.1) is 0 Å². The second-order valence-corrected chi connectivity index (χ2v) is 6.72. The Morgan fingerprint density at radius 3 is 2.45 bits per heavy atom. The van der Waals surface area contributed by atoms with E-state index < -0.39 is 9.84 Å². The molecule has 0 aliphatic rings. The van der Waals surface area contributed by atoms with Crippen molar-refractivity contribution in [2.75, 3.05) is 0 Å². The fourth-order valence-electron chi connectivity index (χ4n) is 2.44. The first-order valence-corrected chi connectivity index (χ1v) is 8.06. The van der Waals surface area contributed by atoms with Gasteiger partial charge >= 0.3 is 0 Å². The fourth-order valence-corrected chi connectivity index (χ4v) is 3.85. The Kier molecular flexibility index (Phi) is 2.70. The molecule has 2 aromatic carbocycles. The van der Waals surface area contributed by atoms with Crippen LogP contribution in [-0.2, 0) is 9.84 Å². The van der Waals surface area contributed by atoms with Gasteiger partial charge in [-0.2, -0.15) is 4.52 Å². The summed E-state index contributed by atoms with van der Waals surface area (Å²) in [6.07, 6.45) is 0. The molecule has 4 aromatic rings. The molecule has 0 radical (unpaired) electrons. The highest BCUT2D eigenvalue weighted by Crippen LogP contribution is 2.27. The minimum Gasteiger partial charge on any atom is -0.218 e. The number of benzene rings is 2. The average molecular weight is 310 g/mol. The van der Waals surface area contributed by atoms with Gasteiger partial charge in [-0.05, 0) is 34.7 Å². The molecule has 0 saturated carbocycles. The summed E-state index contributed by atoms with van der Waals surface area (Å²) in [7, 11) is -3.69. The molecule has 7 heteroatoms. The van der Waals surface area contributed by atoms with Gasteiger partial charge < -0.3 is 0 Å².